The number of hydrogen-bond donors (Lipinski definition) is 0. The van der Waals surface area contributed by atoms with Crippen molar-refractivity contribution in [1.82, 2.24) is 14.5 Å². The first-order valence-electron chi connectivity index (χ1n) is 12.8. The van der Waals surface area contributed by atoms with E-state index >= 15 is 0 Å². The second-order valence-electron chi connectivity index (χ2n) is 9.42. The Balaban J connectivity index is 1.70. The Morgan fingerprint density at radius 3 is 2.52 bits per heavy atom. The Morgan fingerprint density at radius 1 is 1.17 bits per heavy atom. The third kappa shape index (κ3) is 6.08. The first-order valence-corrected chi connectivity index (χ1v) is 15.6. The van der Waals surface area contributed by atoms with Crippen molar-refractivity contribution in [3.63, 3.8) is 0 Å². The van der Waals surface area contributed by atoms with E-state index in [1.807, 2.05) is 30.5 Å². The Morgan fingerprint density at radius 2 is 1.88 bits per heavy atom. The molecule has 1 aliphatic heterocycles. The fourth-order valence-corrected chi connectivity index (χ4v) is 6.64. The van der Waals surface area contributed by atoms with Crippen LogP contribution in [0.1, 0.15) is 37.9 Å². The number of esters is 1. The van der Waals surface area contributed by atoms with Crippen molar-refractivity contribution in [3.05, 3.63) is 113 Å². The lowest BCUT2D eigenvalue weighted by atomic mass is 9.96. The van der Waals surface area contributed by atoms with Gasteiger partial charge in [-0.25, -0.2) is 19.8 Å². The largest absolute Gasteiger partial charge is 0.459 e. The molecular formula is C29H25N5O5S3. The number of thiazole rings is 1. The van der Waals surface area contributed by atoms with E-state index in [9.17, 15) is 19.7 Å². The third-order valence-corrected chi connectivity index (χ3v) is 8.96. The molecule has 10 nitrogen and oxygen atoms in total. The lowest BCUT2D eigenvalue weighted by Crippen LogP contribution is -2.40. The normalized spacial score (nSPS) is 15.0. The summed E-state index contributed by atoms with van der Waals surface area (Å²) in [6, 6.07) is 13.0. The Bertz CT molecular complexity index is 1880. The van der Waals surface area contributed by atoms with Gasteiger partial charge in [-0.1, -0.05) is 23.5 Å². The van der Waals surface area contributed by atoms with Crippen LogP contribution in [0.4, 0.5) is 5.69 Å². The molecule has 13 heteroatoms. The van der Waals surface area contributed by atoms with Crippen molar-refractivity contribution in [2.45, 2.75) is 47.9 Å². The number of rotatable bonds is 8. The summed E-state index contributed by atoms with van der Waals surface area (Å²) in [5, 5.41) is 12.0. The molecular weight excluding hydrogens is 595 g/mol. The number of aromatic nitrogens is 3. The van der Waals surface area contributed by atoms with Crippen LogP contribution >= 0.6 is 34.9 Å². The molecule has 0 aliphatic carbocycles. The third-order valence-electron chi connectivity index (χ3n) is 6.25. The van der Waals surface area contributed by atoms with Crippen LogP contribution < -0.4 is 14.9 Å². The Labute approximate surface area is 253 Å². The number of non-ortho nitro benzene ring substituents is 1. The van der Waals surface area contributed by atoms with Gasteiger partial charge in [0.05, 0.1) is 32.9 Å². The van der Waals surface area contributed by atoms with E-state index in [4.69, 9.17) is 4.74 Å². The maximum absolute atomic E-state index is 14.0. The molecule has 0 spiro atoms. The summed E-state index contributed by atoms with van der Waals surface area (Å²) < 4.78 is 7.37. The zero-order valence-corrected chi connectivity index (χ0v) is 25.5. The van der Waals surface area contributed by atoms with E-state index in [0.717, 1.165) is 21.8 Å². The average molecular weight is 620 g/mol. The molecule has 42 heavy (non-hydrogen) atoms. The highest BCUT2D eigenvalue weighted by Gasteiger charge is 2.33. The van der Waals surface area contributed by atoms with Crippen LogP contribution in [0, 0.1) is 10.1 Å². The highest BCUT2D eigenvalue weighted by molar-refractivity contribution is 7.99. The van der Waals surface area contributed by atoms with Gasteiger partial charge in [0.2, 0.25) is 0 Å². The molecule has 1 aliphatic rings. The van der Waals surface area contributed by atoms with Gasteiger partial charge in [-0.2, -0.15) is 0 Å². The van der Waals surface area contributed by atoms with E-state index in [1.165, 1.54) is 28.5 Å². The molecule has 3 heterocycles. The van der Waals surface area contributed by atoms with Gasteiger partial charge >= 0.3 is 5.97 Å². The van der Waals surface area contributed by atoms with Crippen LogP contribution in [0.25, 0.3) is 6.08 Å². The van der Waals surface area contributed by atoms with E-state index in [0.29, 0.717) is 30.6 Å². The van der Waals surface area contributed by atoms with Crippen molar-refractivity contribution in [1.29, 1.82) is 0 Å². The number of nitro groups is 1. The minimum Gasteiger partial charge on any atom is -0.459 e. The summed E-state index contributed by atoms with van der Waals surface area (Å²) in [7, 11) is 0. The van der Waals surface area contributed by atoms with Crippen LogP contribution in [0.15, 0.2) is 96.9 Å². The van der Waals surface area contributed by atoms with Crippen LogP contribution in [-0.2, 0) is 9.53 Å². The molecule has 0 fully saturated rings. The molecule has 0 N–H and O–H groups in total. The summed E-state index contributed by atoms with van der Waals surface area (Å²) in [6.45, 7) is 5.26. The number of carbonyl (C=O) groups excluding carboxylic acids is 1. The molecule has 214 valence electrons. The molecule has 1 atom stereocenters. The van der Waals surface area contributed by atoms with Gasteiger partial charge in [-0.05, 0) is 80.3 Å². The number of benzene rings is 2. The maximum Gasteiger partial charge on any atom is 0.338 e. The van der Waals surface area contributed by atoms with Crippen molar-refractivity contribution >= 4 is 52.6 Å². The van der Waals surface area contributed by atoms with E-state index in [1.54, 1.807) is 63.1 Å². The monoisotopic (exact) mass is 619 g/mol. The first-order chi connectivity index (χ1) is 20.2. The maximum atomic E-state index is 14.0. The van der Waals surface area contributed by atoms with Crippen molar-refractivity contribution in [2.75, 3.05) is 6.26 Å². The summed E-state index contributed by atoms with van der Waals surface area (Å²) in [6.07, 6.45) is 6.43. The SMILES string of the molecule is CSc1ccc([C@@H]2C(C(=O)OC(C)C)=C(C)N=c3s/c(=C\c4cc([N+](=O)[O-])ccc4Sc4ncccn4)c(=O)n32)cc1. The number of fused-ring (bicyclic) bond motifs is 1. The number of carbonyl (C=O) groups is 1. The minimum atomic E-state index is -0.762. The minimum absolute atomic E-state index is 0.117. The van der Waals surface area contributed by atoms with Crippen LogP contribution in [0.3, 0.4) is 0 Å². The zero-order chi connectivity index (χ0) is 30.0. The molecule has 2 aromatic heterocycles. The molecule has 4 aromatic rings. The molecule has 0 saturated carbocycles. The predicted octanol–water partition coefficient (Wildman–Crippen LogP) is 4.76. The number of nitrogens with zero attached hydrogens (tertiary/aromatic N) is 5. The van der Waals surface area contributed by atoms with Gasteiger partial charge in [0.15, 0.2) is 9.96 Å². The van der Waals surface area contributed by atoms with E-state index in [2.05, 4.69) is 15.0 Å². The highest BCUT2D eigenvalue weighted by Crippen LogP contribution is 2.33. The van der Waals surface area contributed by atoms with Gasteiger partial charge in [-0.15, -0.1) is 11.8 Å². The smallest absolute Gasteiger partial charge is 0.338 e. The lowest BCUT2D eigenvalue weighted by molar-refractivity contribution is -0.384. The van der Waals surface area contributed by atoms with Gasteiger partial charge in [0.1, 0.15) is 0 Å². The van der Waals surface area contributed by atoms with E-state index < -0.39 is 16.9 Å². The van der Waals surface area contributed by atoms with Gasteiger partial charge < -0.3 is 4.74 Å². The van der Waals surface area contributed by atoms with Crippen LogP contribution in [0.5, 0.6) is 0 Å². The molecule has 0 amide bonds. The molecule has 2 aromatic carbocycles. The number of hydrogen-bond acceptors (Lipinski definition) is 11. The first kappa shape index (κ1) is 29.4. The van der Waals surface area contributed by atoms with Gasteiger partial charge in [0, 0.05) is 34.3 Å². The van der Waals surface area contributed by atoms with E-state index in [-0.39, 0.29) is 22.9 Å². The Kier molecular flexibility index (Phi) is 8.71. The van der Waals surface area contributed by atoms with Gasteiger partial charge in [-0.3, -0.25) is 19.5 Å². The highest BCUT2D eigenvalue weighted by atomic mass is 32.2. The summed E-state index contributed by atoms with van der Waals surface area (Å²) in [5.41, 5.74) is 1.45. The predicted molar refractivity (Wildman–Crippen MR) is 162 cm³/mol. The quantitative estimate of drug-likeness (QED) is 0.0901. The standard InChI is InChI=1S/C29H25N5O5S3/c1-16(2)39-27(36)24-17(3)32-29-33(25(24)18-6-9-21(40-4)10-7-18)26(35)23(42-29)15-19-14-20(34(37)38)8-11-22(19)41-28-30-12-5-13-31-28/h5-16,25H,1-4H3/b23-15-/t25-/m1/s1. The lowest BCUT2D eigenvalue weighted by Gasteiger charge is -2.25. The summed E-state index contributed by atoms with van der Waals surface area (Å²) >= 11 is 3.97. The molecule has 0 saturated heterocycles. The average Bonchev–Trinajstić information content (AvgIpc) is 3.27. The number of ether oxygens (including phenoxy) is 1. The number of nitro benzene ring substituents is 1. The molecule has 0 bridgehead atoms. The van der Waals surface area contributed by atoms with Crippen LogP contribution in [0.2, 0.25) is 0 Å². The van der Waals surface area contributed by atoms with Crippen LogP contribution in [-0.4, -0.2) is 37.8 Å². The van der Waals surface area contributed by atoms with Crippen molar-refractivity contribution < 1.29 is 14.5 Å². The summed E-state index contributed by atoms with van der Waals surface area (Å²) in [5.74, 6) is -0.542. The number of thioether (sulfide) groups is 1. The number of allylic oxidation sites excluding steroid dienone is 1. The summed E-state index contributed by atoms with van der Waals surface area (Å²) in [4.78, 5) is 53.7. The fourth-order valence-electron chi connectivity index (χ4n) is 4.39. The second-order valence-corrected chi connectivity index (χ2v) is 12.3. The fraction of sp³-hybridized carbons (Fsp3) is 0.207. The van der Waals surface area contributed by atoms with Crippen molar-refractivity contribution in [3.8, 4) is 0 Å². The topological polar surface area (TPSA) is 130 Å². The molecule has 0 radical (unpaired) electrons. The second kappa shape index (κ2) is 12.4. The van der Waals surface area contributed by atoms with Gasteiger partial charge in [0.25, 0.3) is 11.2 Å². The molecule has 0 unspecified atom stereocenters. The van der Waals surface area contributed by atoms with Crippen molar-refractivity contribution in [2.24, 2.45) is 4.99 Å². The Hall–Kier alpha value is -4.07. The molecule has 5 rings (SSSR count). The zero-order valence-electron chi connectivity index (χ0n) is 23.0.